The molecule has 6 nitrogen and oxygen atoms in total. The maximum atomic E-state index is 10.3. The number of aromatic nitrogens is 1. The molecule has 1 aromatic carbocycles. The first-order chi connectivity index (χ1) is 8.65. The van der Waals surface area contributed by atoms with E-state index in [2.05, 4.69) is 16.5 Å². The van der Waals surface area contributed by atoms with Crippen LogP contribution in [0.1, 0.15) is 6.42 Å². The molecule has 0 aliphatic carbocycles. The minimum atomic E-state index is -0.740. The van der Waals surface area contributed by atoms with Crippen molar-refractivity contribution in [1.82, 2.24) is 15.0 Å². The number of imide groups is 2. The van der Waals surface area contributed by atoms with Gasteiger partial charge in [0.1, 0.15) is 6.42 Å². The van der Waals surface area contributed by atoms with E-state index in [1.165, 1.54) is 21.6 Å². The van der Waals surface area contributed by atoms with Gasteiger partial charge in [-0.1, -0.05) is 18.2 Å². The predicted octanol–water partition coefficient (Wildman–Crippen LogP) is 1.04. The van der Waals surface area contributed by atoms with E-state index in [-0.39, 0.29) is 6.42 Å². The Hall–Kier alpha value is -2.28. The van der Waals surface area contributed by atoms with Crippen molar-refractivity contribution in [2.75, 3.05) is 0 Å². The number of nitrogens with one attached hydrogen (secondary N) is 2. The van der Waals surface area contributed by atoms with Crippen molar-refractivity contribution >= 4 is 39.5 Å². The van der Waals surface area contributed by atoms with E-state index in [1.54, 1.807) is 0 Å². The molecule has 92 valence electrons. The fraction of sp³-hybridized carbons (Fsp3) is 0.0909. The summed E-state index contributed by atoms with van der Waals surface area (Å²) >= 11 is 1.54. The fourth-order valence-corrected chi connectivity index (χ4v) is 1.97. The first-order valence-corrected chi connectivity index (χ1v) is 5.85. The van der Waals surface area contributed by atoms with E-state index in [9.17, 15) is 14.4 Å². The van der Waals surface area contributed by atoms with Gasteiger partial charge in [-0.05, 0) is 17.6 Å². The van der Waals surface area contributed by atoms with Crippen LogP contribution in [0.4, 0.5) is 4.79 Å². The molecule has 1 fully saturated rings. The van der Waals surface area contributed by atoms with Crippen LogP contribution in [-0.2, 0) is 9.59 Å². The molecule has 1 saturated heterocycles. The second kappa shape index (κ2) is 5.37. The summed E-state index contributed by atoms with van der Waals surface area (Å²) in [5.74, 6) is -1.10. The average molecular weight is 263 g/mol. The van der Waals surface area contributed by atoms with Crippen LogP contribution in [-0.4, -0.2) is 22.2 Å². The zero-order valence-electron chi connectivity index (χ0n) is 9.17. The fourth-order valence-electron chi connectivity index (χ4n) is 1.33. The first kappa shape index (κ1) is 12.2. The molecule has 0 spiro atoms. The molecule has 0 unspecified atom stereocenters. The lowest BCUT2D eigenvalue weighted by molar-refractivity contribution is -0.129. The highest BCUT2D eigenvalue weighted by atomic mass is 32.1. The third kappa shape index (κ3) is 3.11. The summed E-state index contributed by atoms with van der Waals surface area (Å²) in [7, 11) is 0. The van der Waals surface area contributed by atoms with Gasteiger partial charge in [-0.2, -0.15) is 4.37 Å². The highest BCUT2D eigenvalue weighted by molar-refractivity contribution is 7.13. The summed E-state index contributed by atoms with van der Waals surface area (Å²) in [5.41, 5.74) is 0. The van der Waals surface area contributed by atoms with Gasteiger partial charge in [0.2, 0.25) is 11.8 Å². The molecule has 1 aliphatic rings. The van der Waals surface area contributed by atoms with Crippen LogP contribution in [0, 0.1) is 0 Å². The lowest BCUT2D eigenvalue weighted by atomic mass is 10.3. The molecule has 1 aromatic heterocycles. The number of urea groups is 1. The quantitative estimate of drug-likeness (QED) is 0.695. The van der Waals surface area contributed by atoms with E-state index in [0.29, 0.717) is 0 Å². The second-order valence-corrected chi connectivity index (χ2v) is 4.30. The number of carbonyl (C=O) groups is 3. The number of fused-ring (bicyclic) bond motifs is 1. The average Bonchev–Trinajstić information content (AvgIpc) is 2.75. The minimum absolute atomic E-state index is 0.258. The van der Waals surface area contributed by atoms with Crippen molar-refractivity contribution in [2.24, 2.45) is 0 Å². The Labute approximate surface area is 106 Å². The van der Waals surface area contributed by atoms with Crippen molar-refractivity contribution in [1.29, 1.82) is 0 Å². The van der Waals surface area contributed by atoms with Gasteiger partial charge < -0.3 is 0 Å². The van der Waals surface area contributed by atoms with E-state index in [0.717, 1.165) is 0 Å². The van der Waals surface area contributed by atoms with Crippen molar-refractivity contribution < 1.29 is 14.4 Å². The number of carbonyl (C=O) groups excluding carboxylic acids is 3. The molecule has 4 amide bonds. The van der Waals surface area contributed by atoms with Gasteiger partial charge in [-0.25, -0.2) is 4.79 Å². The SMILES string of the molecule is O=C1CC(=O)NC(=O)N1.c1ccc2sncc2c1. The summed E-state index contributed by atoms with van der Waals surface area (Å²) in [5, 5.41) is 5.04. The summed E-state index contributed by atoms with van der Waals surface area (Å²) < 4.78 is 5.30. The molecule has 0 radical (unpaired) electrons. The van der Waals surface area contributed by atoms with Crippen LogP contribution >= 0.6 is 11.5 Å². The van der Waals surface area contributed by atoms with Gasteiger partial charge in [0, 0.05) is 11.6 Å². The molecular weight excluding hydrogens is 254 g/mol. The van der Waals surface area contributed by atoms with E-state index in [4.69, 9.17) is 0 Å². The Morgan fingerprint density at radius 1 is 1.06 bits per heavy atom. The second-order valence-electron chi connectivity index (χ2n) is 3.47. The first-order valence-electron chi connectivity index (χ1n) is 5.08. The number of hydrogen-bond acceptors (Lipinski definition) is 5. The maximum absolute atomic E-state index is 10.3. The van der Waals surface area contributed by atoms with Crippen molar-refractivity contribution in [3.05, 3.63) is 30.5 Å². The van der Waals surface area contributed by atoms with Gasteiger partial charge in [-0.15, -0.1) is 0 Å². The summed E-state index contributed by atoms with van der Waals surface area (Å²) in [4.78, 5) is 30.8. The highest BCUT2D eigenvalue weighted by Gasteiger charge is 2.20. The van der Waals surface area contributed by atoms with Crippen LogP contribution < -0.4 is 10.6 Å². The number of nitrogens with zero attached hydrogens (tertiary/aromatic N) is 1. The number of barbiturate groups is 1. The van der Waals surface area contributed by atoms with Crippen LogP contribution in [0.5, 0.6) is 0 Å². The Morgan fingerprint density at radius 2 is 1.72 bits per heavy atom. The van der Waals surface area contributed by atoms with Gasteiger partial charge >= 0.3 is 6.03 Å². The van der Waals surface area contributed by atoms with Crippen LogP contribution in [0.15, 0.2) is 30.5 Å². The normalized spacial score (nSPS) is 14.6. The Balaban J connectivity index is 0.000000134. The molecular formula is C11H9N3O3S. The van der Waals surface area contributed by atoms with E-state index in [1.807, 2.05) is 29.0 Å². The predicted molar refractivity (Wildman–Crippen MR) is 65.9 cm³/mol. The Morgan fingerprint density at radius 3 is 2.33 bits per heavy atom. The molecule has 0 saturated carbocycles. The zero-order valence-corrected chi connectivity index (χ0v) is 9.99. The summed E-state index contributed by atoms with van der Waals surface area (Å²) in [6.45, 7) is 0. The number of hydrogen-bond donors (Lipinski definition) is 2. The van der Waals surface area contributed by atoms with Crippen molar-refractivity contribution in [3.63, 3.8) is 0 Å². The standard InChI is InChI=1S/C7H5NS.C4H4N2O3/c1-2-4-7-6(3-1)5-8-9-7;7-2-1-3(8)6-4(9)5-2/h1-5H;1H2,(H2,5,6,7,8,9). The topological polar surface area (TPSA) is 88.2 Å². The van der Waals surface area contributed by atoms with Gasteiger partial charge in [-0.3, -0.25) is 20.2 Å². The zero-order chi connectivity index (χ0) is 13.0. The molecule has 1 aliphatic heterocycles. The van der Waals surface area contributed by atoms with Gasteiger partial charge in [0.15, 0.2) is 0 Å². The lowest BCUT2D eigenvalue weighted by Gasteiger charge is -2.09. The number of rotatable bonds is 0. The van der Waals surface area contributed by atoms with Crippen molar-refractivity contribution in [2.45, 2.75) is 6.42 Å². The Bertz CT molecular complexity index is 533. The number of amides is 4. The lowest BCUT2D eigenvalue weighted by Crippen LogP contribution is -2.49. The van der Waals surface area contributed by atoms with Gasteiger partial charge in [0.05, 0.1) is 4.70 Å². The molecule has 2 N–H and O–H groups in total. The van der Waals surface area contributed by atoms with E-state index >= 15 is 0 Å². The molecule has 2 heterocycles. The molecule has 0 bridgehead atoms. The smallest absolute Gasteiger partial charge is 0.277 e. The van der Waals surface area contributed by atoms with Crippen LogP contribution in [0.2, 0.25) is 0 Å². The molecule has 18 heavy (non-hydrogen) atoms. The monoisotopic (exact) mass is 263 g/mol. The molecule has 3 rings (SSSR count). The third-order valence-corrected chi connectivity index (χ3v) is 2.87. The summed E-state index contributed by atoms with van der Waals surface area (Å²) in [6, 6.07) is 7.46. The number of benzene rings is 1. The minimum Gasteiger partial charge on any atom is -0.277 e. The molecule has 0 atom stereocenters. The Kier molecular flexibility index (Phi) is 3.63. The third-order valence-electron chi connectivity index (χ3n) is 2.09. The van der Waals surface area contributed by atoms with Gasteiger partial charge in [0.25, 0.3) is 0 Å². The molecule has 7 heteroatoms. The summed E-state index contributed by atoms with van der Waals surface area (Å²) in [6.07, 6.45) is 1.63. The largest absolute Gasteiger partial charge is 0.328 e. The van der Waals surface area contributed by atoms with Crippen LogP contribution in [0.3, 0.4) is 0 Å². The maximum Gasteiger partial charge on any atom is 0.328 e. The van der Waals surface area contributed by atoms with Crippen molar-refractivity contribution in [3.8, 4) is 0 Å². The van der Waals surface area contributed by atoms with Crippen LogP contribution in [0.25, 0.3) is 10.1 Å². The highest BCUT2D eigenvalue weighted by Crippen LogP contribution is 2.15. The van der Waals surface area contributed by atoms with E-state index < -0.39 is 17.8 Å². The molecule has 2 aromatic rings.